The summed E-state index contributed by atoms with van der Waals surface area (Å²) >= 11 is 0. The molecule has 0 aliphatic heterocycles. The summed E-state index contributed by atoms with van der Waals surface area (Å²) in [6.45, 7) is 15.9. The molecule has 1 saturated carbocycles. The minimum atomic E-state index is 0. The highest BCUT2D eigenvalue weighted by Crippen LogP contribution is 2.47. The number of hydrogen-bond donors (Lipinski definition) is 0. The number of aryl methyl sites for hydroxylation is 4. The summed E-state index contributed by atoms with van der Waals surface area (Å²) in [7, 11) is 0. The lowest BCUT2D eigenvalue weighted by Gasteiger charge is -2.42. The second kappa shape index (κ2) is 14.6. The van der Waals surface area contributed by atoms with E-state index < -0.39 is 0 Å². The van der Waals surface area contributed by atoms with Crippen molar-refractivity contribution >= 4 is 0 Å². The van der Waals surface area contributed by atoms with Gasteiger partial charge in [0.2, 0.25) is 0 Å². The number of benzene rings is 4. The van der Waals surface area contributed by atoms with Crippen LogP contribution in [0.2, 0.25) is 0 Å². The van der Waals surface area contributed by atoms with Crippen molar-refractivity contribution in [3.63, 3.8) is 0 Å². The van der Waals surface area contributed by atoms with Gasteiger partial charge in [-0.15, -0.1) is 0 Å². The van der Waals surface area contributed by atoms with E-state index in [4.69, 9.17) is 0 Å². The Morgan fingerprint density at radius 3 is 1.84 bits per heavy atom. The van der Waals surface area contributed by atoms with Crippen molar-refractivity contribution in [1.29, 1.82) is 0 Å². The molecular weight excluding hydrogens is 516 g/mol. The lowest BCUT2D eigenvalue weighted by molar-refractivity contribution is 0.191. The SMILES string of the molecule is C.CCc1c(C)cccc1C.Cc1cccc2c1C(C)C1CCCCC1C2.Cc1cccc2c1C(C)c1ccccc1C2. The topological polar surface area (TPSA) is 0 Å². The number of hydrogen-bond acceptors (Lipinski definition) is 0. The van der Waals surface area contributed by atoms with Gasteiger partial charge in [0.1, 0.15) is 0 Å². The van der Waals surface area contributed by atoms with Crippen molar-refractivity contribution in [1.82, 2.24) is 0 Å². The first-order valence-electron chi connectivity index (χ1n) is 16.6. The quantitative estimate of drug-likeness (QED) is 0.213. The lowest BCUT2D eigenvalue weighted by atomic mass is 9.63. The Labute approximate surface area is 264 Å². The molecule has 7 rings (SSSR count). The van der Waals surface area contributed by atoms with E-state index in [0.29, 0.717) is 5.92 Å². The Morgan fingerprint density at radius 1 is 0.605 bits per heavy atom. The Hall–Kier alpha value is -3.12. The number of rotatable bonds is 1. The molecule has 0 heterocycles. The Morgan fingerprint density at radius 2 is 1.16 bits per heavy atom. The smallest absolute Gasteiger partial charge is 0.00693 e. The molecule has 0 saturated heterocycles. The average molecular weight is 573 g/mol. The first-order valence-corrected chi connectivity index (χ1v) is 16.6. The Bertz CT molecular complexity index is 1480. The molecule has 3 aliphatic rings. The summed E-state index contributed by atoms with van der Waals surface area (Å²) in [4.78, 5) is 0. The van der Waals surface area contributed by atoms with E-state index in [0.717, 1.165) is 30.6 Å². The summed E-state index contributed by atoms with van der Waals surface area (Å²) in [5.74, 6) is 3.30. The van der Waals surface area contributed by atoms with Crippen molar-refractivity contribution in [3.05, 3.63) is 140 Å². The first-order chi connectivity index (χ1) is 20.3. The first kappa shape index (κ1) is 32.8. The van der Waals surface area contributed by atoms with Crippen LogP contribution in [0.5, 0.6) is 0 Å². The molecule has 4 atom stereocenters. The van der Waals surface area contributed by atoms with E-state index in [9.17, 15) is 0 Å². The third-order valence-electron chi connectivity index (χ3n) is 10.7. The molecule has 4 aromatic carbocycles. The third-order valence-corrected chi connectivity index (χ3v) is 10.7. The van der Waals surface area contributed by atoms with E-state index in [1.807, 2.05) is 0 Å². The van der Waals surface area contributed by atoms with E-state index >= 15 is 0 Å². The molecule has 0 aromatic heterocycles. The maximum atomic E-state index is 2.47. The van der Waals surface area contributed by atoms with E-state index in [1.165, 1.54) is 76.6 Å². The highest BCUT2D eigenvalue weighted by atomic mass is 14.4. The van der Waals surface area contributed by atoms with Gasteiger partial charge in [-0.25, -0.2) is 0 Å². The third kappa shape index (κ3) is 7.01. The van der Waals surface area contributed by atoms with Gasteiger partial charge < -0.3 is 0 Å². The Kier molecular flexibility index (Phi) is 11.1. The molecule has 0 radical (unpaired) electrons. The van der Waals surface area contributed by atoms with E-state index in [2.05, 4.69) is 127 Å². The van der Waals surface area contributed by atoms with Gasteiger partial charge in [0.25, 0.3) is 0 Å². The standard InChI is InChI=1S/C16H22.C16H16.C10H14.CH4/c2*1-11-6-5-8-14-10-13-7-3-4-9-15(13)12(2)16(11)14;1-4-10-8(2)6-5-7-9(10)3;/h5-6,8,12-13,15H,3-4,7,9-10H2,1-2H3;3-9,12H,10H2,1-2H3;5-7H,4H2,1-3H3;1H4. The normalized spacial score (nSPS) is 21.2. The zero-order chi connectivity index (χ0) is 29.8. The lowest BCUT2D eigenvalue weighted by Crippen LogP contribution is -2.31. The largest absolute Gasteiger partial charge is 0.0776 e. The van der Waals surface area contributed by atoms with E-state index in [1.54, 1.807) is 16.7 Å². The van der Waals surface area contributed by atoms with Crippen LogP contribution >= 0.6 is 0 Å². The van der Waals surface area contributed by atoms with Crippen LogP contribution in [0.3, 0.4) is 0 Å². The molecule has 3 aliphatic carbocycles. The van der Waals surface area contributed by atoms with Crippen LogP contribution < -0.4 is 0 Å². The van der Waals surface area contributed by atoms with Crippen LogP contribution in [-0.2, 0) is 19.3 Å². The maximum absolute atomic E-state index is 2.47. The summed E-state index contributed by atoms with van der Waals surface area (Å²) in [5.41, 5.74) is 16.7. The number of fused-ring (bicyclic) bond motifs is 4. The van der Waals surface area contributed by atoms with Gasteiger partial charge in [0.05, 0.1) is 0 Å². The van der Waals surface area contributed by atoms with Crippen molar-refractivity contribution in [3.8, 4) is 0 Å². The summed E-state index contributed by atoms with van der Waals surface area (Å²) < 4.78 is 0. The van der Waals surface area contributed by atoms with Crippen LogP contribution in [0.25, 0.3) is 0 Å². The predicted molar refractivity (Wildman–Crippen MR) is 189 cm³/mol. The summed E-state index contributed by atoms with van der Waals surface area (Å²) in [5, 5.41) is 0. The van der Waals surface area contributed by atoms with Gasteiger partial charge in [-0.05, 0) is 139 Å². The fraction of sp³-hybridized carbons (Fsp3) is 0.442. The van der Waals surface area contributed by atoms with Gasteiger partial charge in [0, 0.05) is 5.92 Å². The molecule has 4 aromatic rings. The average Bonchev–Trinajstić information content (AvgIpc) is 2.98. The van der Waals surface area contributed by atoms with Crippen LogP contribution in [-0.4, -0.2) is 0 Å². The molecule has 0 amide bonds. The Balaban J connectivity index is 0.000000151. The monoisotopic (exact) mass is 572 g/mol. The fourth-order valence-corrected chi connectivity index (χ4v) is 8.62. The van der Waals surface area contributed by atoms with Crippen LogP contribution in [0.15, 0.2) is 78.9 Å². The minimum absolute atomic E-state index is 0. The fourth-order valence-electron chi connectivity index (χ4n) is 8.62. The zero-order valence-corrected chi connectivity index (χ0v) is 27.3. The molecule has 0 N–H and O–H groups in total. The van der Waals surface area contributed by atoms with Gasteiger partial charge in [-0.1, -0.05) is 120 Å². The second-order valence-electron chi connectivity index (χ2n) is 13.3. The zero-order valence-electron chi connectivity index (χ0n) is 27.3. The molecule has 0 spiro atoms. The van der Waals surface area contributed by atoms with Crippen molar-refractivity contribution in [2.24, 2.45) is 11.8 Å². The van der Waals surface area contributed by atoms with Crippen LogP contribution in [0, 0.1) is 39.5 Å². The van der Waals surface area contributed by atoms with E-state index in [-0.39, 0.29) is 7.43 Å². The van der Waals surface area contributed by atoms with Crippen molar-refractivity contribution < 1.29 is 0 Å². The minimum Gasteiger partial charge on any atom is -0.0776 e. The molecule has 0 heteroatoms. The molecular formula is C43H56. The summed E-state index contributed by atoms with van der Waals surface area (Å²) in [6.07, 6.45) is 9.48. The summed E-state index contributed by atoms with van der Waals surface area (Å²) in [6, 6.07) is 28.9. The highest BCUT2D eigenvalue weighted by Gasteiger charge is 2.36. The van der Waals surface area contributed by atoms with Gasteiger partial charge in [-0.3, -0.25) is 0 Å². The second-order valence-corrected chi connectivity index (χ2v) is 13.3. The van der Waals surface area contributed by atoms with Crippen molar-refractivity contribution in [2.45, 2.75) is 113 Å². The molecule has 4 unspecified atom stereocenters. The molecule has 228 valence electrons. The van der Waals surface area contributed by atoms with Gasteiger partial charge in [0.15, 0.2) is 0 Å². The molecule has 0 nitrogen and oxygen atoms in total. The van der Waals surface area contributed by atoms with Crippen LogP contribution in [0.4, 0.5) is 0 Å². The molecule has 1 fully saturated rings. The highest BCUT2D eigenvalue weighted by molar-refractivity contribution is 5.51. The molecule has 43 heavy (non-hydrogen) atoms. The van der Waals surface area contributed by atoms with Crippen molar-refractivity contribution in [2.75, 3.05) is 0 Å². The van der Waals surface area contributed by atoms with Gasteiger partial charge in [-0.2, -0.15) is 0 Å². The predicted octanol–water partition coefficient (Wildman–Crippen LogP) is 12.0. The van der Waals surface area contributed by atoms with Crippen LogP contribution in [0.1, 0.15) is 127 Å². The molecule has 0 bridgehead atoms. The van der Waals surface area contributed by atoms with Gasteiger partial charge >= 0.3 is 0 Å². The maximum Gasteiger partial charge on any atom is 0.00693 e.